The van der Waals surface area contributed by atoms with Crippen LogP contribution in [-0.4, -0.2) is 48.1 Å². The van der Waals surface area contributed by atoms with E-state index in [0.29, 0.717) is 11.3 Å². The van der Waals surface area contributed by atoms with Crippen molar-refractivity contribution >= 4 is 39.0 Å². The van der Waals surface area contributed by atoms with Crippen LogP contribution in [0.25, 0.3) is 10.2 Å². The SMILES string of the molecule is CN(C)C1CCN(c2nc(Cl)nc3sccc23)CC1. The normalized spacial score (nSPS) is 17.6. The molecule has 19 heavy (non-hydrogen) atoms. The summed E-state index contributed by atoms with van der Waals surface area (Å²) in [6.45, 7) is 2.06. The monoisotopic (exact) mass is 296 g/mol. The van der Waals surface area contributed by atoms with Crippen molar-refractivity contribution in [2.75, 3.05) is 32.1 Å². The van der Waals surface area contributed by atoms with E-state index in [1.165, 1.54) is 12.8 Å². The number of thiophene rings is 1. The van der Waals surface area contributed by atoms with Crippen molar-refractivity contribution < 1.29 is 0 Å². The molecule has 4 nitrogen and oxygen atoms in total. The fourth-order valence-electron chi connectivity index (χ4n) is 2.65. The van der Waals surface area contributed by atoms with Crippen molar-refractivity contribution in [1.82, 2.24) is 14.9 Å². The van der Waals surface area contributed by atoms with Gasteiger partial charge >= 0.3 is 0 Å². The average molecular weight is 297 g/mol. The second-order valence-corrected chi connectivity index (χ2v) is 6.37. The van der Waals surface area contributed by atoms with Gasteiger partial charge in [0.05, 0.1) is 5.39 Å². The topological polar surface area (TPSA) is 32.3 Å². The molecule has 1 saturated heterocycles. The summed E-state index contributed by atoms with van der Waals surface area (Å²) in [7, 11) is 4.30. The van der Waals surface area contributed by atoms with Crippen LogP contribution in [0.2, 0.25) is 5.28 Å². The summed E-state index contributed by atoms with van der Waals surface area (Å²) in [6, 6.07) is 2.76. The minimum Gasteiger partial charge on any atom is -0.356 e. The number of hydrogen-bond acceptors (Lipinski definition) is 5. The quantitative estimate of drug-likeness (QED) is 0.798. The summed E-state index contributed by atoms with van der Waals surface area (Å²) >= 11 is 7.64. The number of nitrogens with zero attached hydrogens (tertiary/aromatic N) is 4. The first kappa shape index (κ1) is 13.1. The molecule has 2 aromatic rings. The van der Waals surface area contributed by atoms with Gasteiger partial charge in [0.25, 0.3) is 0 Å². The van der Waals surface area contributed by atoms with Crippen LogP contribution < -0.4 is 4.90 Å². The Labute approximate surface area is 122 Å². The molecule has 1 fully saturated rings. The third kappa shape index (κ3) is 2.55. The van der Waals surface area contributed by atoms with Gasteiger partial charge in [0.15, 0.2) is 0 Å². The van der Waals surface area contributed by atoms with Crippen molar-refractivity contribution in [3.05, 3.63) is 16.7 Å². The zero-order chi connectivity index (χ0) is 13.4. The van der Waals surface area contributed by atoms with Crippen LogP contribution in [0, 0.1) is 0 Å². The molecule has 6 heteroatoms. The highest BCUT2D eigenvalue weighted by molar-refractivity contribution is 7.16. The van der Waals surface area contributed by atoms with Gasteiger partial charge in [-0.2, -0.15) is 4.98 Å². The minimum atomic E-state index is 0.347. The van der Waals surface area contributed by atoms with Crippen LogP contribution in [0.15, 0.2) is 11.4 Å². The van der Waals surface area contributed by atoms with Crippen molar-refractivity contribution in [3.63, 3.8) is 0 Å². The van der Waals surface area contributed by atoms with Gasteiger partial charge in [-0.05, 0) is 50.0 Å². The van der Waals surface area contributed by atoms with E-state index in [9.17, 15) is 0 Å². The Kier molecular flexibility index (Phi) is 3.60. The van der Waals surface area contributed by atoms with Gasteiger partial charge in [-0.15, -0.1) is 11.3 Å². The van der Waals surface area contributed by atoms with Gasteiger partial charge in [-0.3, -0.25) is 0 Å². The zero-order valence-electron chi connectivity index (χ0n) is 11.1. The van der Waals surface area contributed by atoms with Gasteiger partial charge in [-0.25, -0.2) is 4.98 Å². The summed E-state index contributed by atoms with van der Waals surface area (Å²) in [5.41, 5.74) is 0. The molecular weight excluding hydrogens is 280 g/mol. The molecule has 0 amide bonds. The molecule has 1 aliphatic rings. The lowest BCUT2D eigenvalue weighted by molar-refractivity contribution is 0.249. The Hall–Kier alpha value is -0.910. The molecule has 0 bridgehead atoms. The molecule has 0 radical (unpaired) electrons. The highest BCUT2D eigenvalue weighted by Crippen LogP contribution is 2.31. The van der Waals surface area contributed by atoms with Crippen molar-refractivity contribution in [2.45, 2.75) is 18.9 Å². The minimum absolute atomic E-state index is 0.347. The third-order valence-corrected chi connectivity index (χ3v) is 4.75. The standard InChI is InChI=1S/C13H17ClN4S/c1-17(2)9-3-6-18(7-4-9)11-10-5-8-19-12(10)16-13(14)15-11/h5,8-9H,3-4,6-7H2,1-2H3. The van der Waals surface area contributed by atoms with E-state index in [0.717, 1.165) is 29.1 Å². The van der Waals surface area contributed by atoms with Gasteiger partial charge in [0.2, 0.25) is 5.28 Å². The van der Waals surface area contributed by atoms with Crippen molar-refractivity contribution in [1.29, 1.82) is 0 Å². The molecule has 2 aromatic heterocycles. The molecule has 0 aromatic carbocycles. The fraction of sp³-hybridized carbons (Fsp3) is 0.538. The van der Waals surface area contributed by atoms with Crippen molar-refractivity contribution in [2.24, 2.45) is 0 Å². The number of anilines is 1. The predicted octanol–water partition coefficient (Wildman–Crippen LogP) is 2.88. The number of aromatic nitrogens is 2. The number of hydrogen-bond donors (Lipinski definition) is 0. The second kappa shape index (κ2) is 5.23. The first-order chi connectivity index (χ1) is 9.15. The molecule has 102 valence electrons. The largest absolute Gasteiger partial charge is 0.356 e. The highest BCUT2D eigenvalue weighted by Gasteiger charge is 2.23. The van der Waals surface area contributed by atoms with Crippen LogP contribution >= 0.6 is 22.9 Å². The molecule has 0 saturated carbocycles. The van der Waals surface area contributed by atoms with E-state index in [-0.39, 0.29) is 0 Å². The van der Waals surface area contributed by atoms with Crippen LogP contribution in [0.3, 0.4) is 0 Å². The van der Waals surface area contributed by atoms with Gasteiger partial charge in [-0.1, -0.05) is 0 Å². The summed E-state index contributed by atoms with van der Waals surface area (Å²) < 4.78 is 0. The van der Waals surface area contributed by atoms with Crippen LogP contribution in [0.4, 0.5) is 5.82 Å². The molecule has 3 heterocycles. The third-order valence-electron chi connectivity index (χ3n) is 3.77. The molecule has 0 N–H and O–H groups in total. The number of rotatable bonds is 2. The molecule has 1 aliphatic heterocycles. The summed E-state index contributed by atoms with van der Waals surface area (Å²) in [4.78, 5) is 14.3. The molecule has 0 aliphatic carbocycles. The highest BCUT2D eigenvalue weighted by atomic mass is 35.5. The molecular formula is C13H17ClN4S. The lowest BCUT2D eigenvalue weighted by Crippen LogP contribution is -2.42. The zero-order valence-corrected chi connectivity index (χ0v) is 12.7. The Bertz CT molecular complexity index is 575. The van der Waals surface area contributed by atoms with E-state index >= 15 is 0 Å². The Morgan fingerprint density at radius 2 is 2.05 bits per heavy atom. The maximum atomic E-state index is 6.03. The summed E-state index contributed by atoms with van der Waals surface area (Å²) in [5.74, 6) is 0.994. The average Bonchev–Trinajstić information content (AvgIpc) is 2.85. The maximum Gasteiger partial charge on any atom is 0.225 e. The fourth-order valence-corrected chi connectivity index (χ4v) is 3.62. The lowest BCUT2D eigenvalue weighted by atomic mass is 10.0. The van der Waals surface area contributed by atoms with E-state index < -0.39 is 0 Å². The molecule has 0 spiro atoms. The molecule has 0 unspecified atom stereocenters. The summed E-state index contributed by atoms with van der Waals surface area (Å²) in [6.07, 6.45) is 2.33. The Balaban J connectivity index is 1.87. The lowest BCUT2D eigenvalue weighted by Gasteiger charge is -2.36. The van der Waals surface area contributed by atoms with Gasteiger partial charge in [0.1, 0.15) is 10.6 Å². The number of halogens is 1. The van der Waals surface area contributed by atoms with Crippen LogP contribution in [-0.2, 0) is 0 Å². The maximum absolute atomic E-state index is 6.03. The van der Waals surface area contributed by atoms with E-state index in [2.05, 4.69) is 39.9 Å². The van der Waals surface area contributed by atoms with Crippen LogP contribution in [0.1, 0.15) is 12.8 Å². The van der Waals surface area contributed by atoms with Gasteiger partial charge in [0, 0.05) is 19.1 Å². The molecule has 0 atom stereocenters. The number of fused-ring (bicyclic) bond motifs is 1. The summed E-state index contributed by atoms with van der Waals surface area (Å²) in [5, 5.41) is 3.52. The van der Waals surface area contributed by atoms with E-state index in [1.807, 2.05) is 5.38 Å². The molecule has 3 rings (SSSR count). The number of piperidine rings is 1. The van der Waals surface area contributed by atoms with E-state index in [1.54, 1.807) is 11.3 Å². The Morgan fingerprint density at radius 3 is 2.74 bits per heavy atom. The Morgan fingerprint density at radius 1 is 1.32 bits per heavy atom. The predicted molar refractivity (Wildman–Crippen MR) is 81.3 cm³/mol. The first-order valence-electron chi connectivity index (χ1n) is 6.47. The smallest absolute Gasteiger partial charge is 0.225 e. The van der Waals surface area contributed by atoms with Crippen LogP contribution in [0.5, 0.6) is 0 Å². The van der Waals surface area contributed by atoms with Gasteiger partial charge < -0.3 is 9.80 Å². The van der Waals surface area contributed by atoms with Crippen molar-refractivity contribution in [3.8, 4) is 0 Å². The van der Waals surface area contributed by atoms with E-state index in [4.69, 9.17) is 11.6 Å². The second-order valence-electron chi connectivity index (χ2n) is 5.14. The first-order valence-corrected chi connectivity index (χ1v) is 7.73.